The Kier molecular flexibility index (Phi) is 0.960. The Labute approximate surface area is 50.3 Å². The number of rotatable bonds is 0. The fourth-order valence-corrected chi connectivity index (χ4v) is 3.66. The second-order valence-corrected chi connectivity index (χ2v) is 5.47. The van der Waals surface area contributed by atoms with Crippen molar-refractivity contribution in [1.29, 1.82) is 4.78 Å². The second kappa shape index (κ2) is 1.26. The fraction of sp³-hybridized carbons (Fsp3) is 1.00. The van der Waals surface area contributed by atoms with Gasteiger partial charge in [-0.3, -0.25) is 4.78 Å². The summed E-state index contributed by atoms with van der Waals surface area (Å²) in [4.78, 5) is 0. The van der Waals surface area contributed by atoms with E-state index in [-0.39, 0.29) is 5.41 Å². The molecule has 0 spiro atoms. The minimum atomic E-state index is -2.09. The van der Waals surface area contributed by atoms with Crippen molar-refractivity contribution in [2.75, 3.05) is 11.5 Å². The first-order chi connectivity index (χ1) is 3.41. The van der Waals surface area contributed by atoms with Crippen LogP contribution in [0.2, 0.25) is 0 Å². The van der Waals surface area contributed by atoms with Crippen molar-refractivity contribution in [3.05, 3.63) is 0 Å². The molecule has 0 aromatic carbocycles. The lowest BCUT2D eigenvalue weighted by molar-refractivity contribution is 0.433. The molecule has 0 saturated carbocycles. The lowest BCUT2D eigenvalue weighted by Gasteiger charge is -2.35. The summed E-state index contributed by atoms with van der Waals surface area (Å²) in [5.41, 5.74) is 0.193. The van der Waals surface area contributed by atoms with Crippen molar-refractivity contribution in [2.24, 2.45) is 5.41 Å². The normalized spacial score (nSPS) is 31.2. The van der Waals surface area contributed by atoms with Gasteiger partial charge in [-0.2, -0.15) is 0 Å². The standard InChI is InChI=1S/C5H11NOS/c1-5(2)3-8(6,7)4-5/h6H,3-4H2,1-2H3. The van der Waals surface area contributed by atoms with Gasteiger partial charge in [0, 0.05) is 21.2 Å². The van der Waals surface area contributed by atoms with Crippen molar-refractivity contribution in [1.82, 2.24) is 0 Å². The molecule has 0 amide bonds. The summed E-state index contributed by atoms with van der Waals surface area (Å²) in [5, 5.41) is 0. The smallest absolute Gasteiger partial charge is 0.0452 e. The van der Waals surface area contributed by atoms with Crippen molar-refractivity contribution in [3.63, 3.8) is 0 Å². The second-order valence-electron chi connectivity index (χ2n) is 3.26. The summed E-state index contributed by atoms with van der Waals surface area (Å²) < 4.78 is 17.8. The van der Waals surface area contributed by atoms with Gasteiger partial charge in [0.25, 0.3) is 0 Å². The van der Waals surface area contributed by atoms with Crippen molar-refractivity contribution < 1.29 is 4.21 Å². The van der Waals surface area contributed by atoms with E-state index in [0.29, 0.717) is 11.5 Å². The number of hydrogen-bond acceptors (Lipinski definition) is 2. The van der Waals surface area contributed by atoms with Gasteiger partial charge in [-0.1, -0.05) is 13.8 Å². The molecule has 0 atom stereocenters. The average Bonchev–Trinajstić information content (AvgIpc) is 1.20. The fourth-order valence-electron chi connectivity index (χ4n) is 1.22. The minimum absolute atomic E-state index is 0.193. The molecule has 1 rings (SSSR count). The van der Waals surface area contributed by atoms with Gasteiger partial charge in [-0.05, 0) is 5.41 Å². The summed E-state index contributed by atoms with van der Waals surface area (Å²) in [7, 11) is -2.09. The Morgan fingerprint density at radius 1 is 1.50 bits per heavy atom. The van der Waals surface area contributed by atoms with Gasteiger partial charge < -0.3 is 0 Å². The molecular formula is C5H11NOS. The highest BCUT2D eigenvalue weighted by Gasteiger charge is 2.37. The van der Waals surface area contributed by atoms with E-state index in [4.69, 9.17) is 4.78 Å². The molecule has 48 valence electrons. The van der Waals surface area contributed by atoms with Crippen LogP contribution < -0.4 is 0 Å². The van der Waals surface area contributed by atoms with E-state index < -0.39 is 9.73 Å². The third-order valence-corrected chi connectivity index (χ3v) is 3.74. The molecule has 0 bridgehead atoms. The molecule has 3 heteroatoms. The molecule has 2 nitrogen and oxygen atoms in total. The SMILES string of the molecule is CC1(C)CS(=N)(=O)C1. The van der Waals surface area contributed by atoms with Crippen LogP contribution in [-0.2, 0) is 9.73 Å². The van der Waals surface area contributed by atoms with Crippen molar-refractivity contribution >= 4 is 9.73 Å². The van der Waals surface area contributed by atoms with Gasteiger partial charge in [0.05, 0.1) is 0 Å². The molecule has 8 heavy (non-hydrogen) atoms. The molecule has 1 heterocycles. The first kappa shape index (κ1) is 6.08. The van der Waals surface area contributed by atoms with E-state index in [2.05, 4.69) is 0 Å². The maximum Gasteiger partial charge on any atom is 0.0452 e. The van der Waals surface area contributed by atoms with E-state index in [1.165, 1.54) is 0 Å². The topological polar surface area (TPSA) is 40.9 Å². The van der Waals surface area contributed by atoms with Crippen LogP contribution in [0.1, 0.15) is 13.8 Å². The van der Waals surface area contributed by atoms with Crippen LogP contribution in [0.3, 0.4) is 0 Å². The lowest BCUT2D eigenvalue weighted by Crippen LogP contribution is -2.42. The molecule has 1 N–H and O–H groups in total. The summed E-state index contributed by atoms with van der Waals surface area (Å²) >= 11 is 0. The van der Waals surface area contributed by atoms with E-state index in [0.717, 1.165) is 0 Å². The highest BCUT2D eigenvalue weighted by molar-refractivity contribution is 7.93. The van der Waals surface area contributed by atoms with Gasteiger partial charge in [-0.25, -0.2) is 4.21 Å². The predicted octanol–water partition coefficient (Wildman–Crippen LogP) is 1.07. The van der Waals surface area contributed by atoms with Crippen LogP contribution in [0.4, 0.5) is 0 Å². The summed E-state index contributed by atoms with van der Waals surface area (Å²) in [5.74, 6) is 1.19. The molecule has 0 unspecified atom stereocenters. The van der Waals surface area contributed by atoms with Crippen LogP contribution in [0.5, 0.6) is 0 Å². The number of hydrogen-bond donors (Lipinski definition) is 1. The van der Waals surface area contributed by atoms with Gasteiger partial charge in [0.15, 0.2) is 0 Å². The quantitative estimate of drug-likeness (QED) is 0.527. The molecule has 1 aliphatic heterocycles. The van der Waals surface area contributed by atoms with Crippen LogP contribution in [0, 0.1) is 10.2 Å². The van der Waals surface area contributed by atoms with Crippen LogP contribution >= 0.6 is 0 Å². The van der Waals surface area contributed by atoms with Crippen LogP contribution in [0.25, 0.3) is 0 Å². The summed E-state index contributed by atoms with van der Waals surface area (Å²) in [6.45, 7) is 4.09. The monoisotopic (exact) mass is 133 g/mol. The zero-order valence-corrected chi connectivity index (χ0v) is 6.05. The zero-order valence-electron chi connectivity index (χ0n) is 5.23. The Morgan fingerprint density at radius 3 is 1.88 bits per heavy atom. The summed E-state index contributed by atoms with van der Waals surface area (Å²) in [6.07, 6.45) is 0. The van der Waals surface area contributed by atoms with E-state index >= 15 is 0 Å². The summed E-state index contributed by atoms with van der Waals surface area (Å²) in [6, 6.07) is 0. The van der Waals surface area contributed by atoms with Gasteiger partial charge in [-0.15, -0.1) is 0 Å². The van der Waals surface area contributed by atoms with E-state index in [9.17, 15) is 4.21 Å². The minimum Gasteiger partial charge on any atom is -0.253 e. The Hall–Kier alpha value is -0.0500. The van der Waals surface area contributed by atoms with Gasteiger partial charge in [0.1, 0.15) is 0 Å². The number of nitrogens with one attached hydrogen (secondary N) is 1. The Balaban J connectivity index is 2.68. The molecule has 1 saturated heterocycles. The molecule has 1 aliphatic rings. The zero-order chi connectivity index (χ0) is 6.41. The molecule has 0 aliphatic carbocycles. The maximum atomic E-state index is 10.7. The molecule has 1 fully saturated rings. The molecule has 0 aromatic heterocycles. The van der Waals surface area contributed by atoms with Gasteiger partial charge >= 0.3 is 0 Å². The third kappa shape index (κ3) is 1.02. The maximum absolute atomic E-state index is 10.7. The first-order valence-corrected chi connectivity index (χ1v) is 4.55. The van der Waals surface area contributed by atoms with E-state index in [1.54, 1.807) is 0 Å². The average molecular weight is 133 g/mol. The first-order valence-electron chi connectivity index (χ1n) is 2.66. The Morgan fingerprint density at radius 2 is 1.88 bits per heavy atom. The van der Waals surface area contributed by atoms with Crippen LogP contribution in [0.15, 0.2) is 0 Å². The van der Waals surface area contributed by atoms with E-state index in [1.807, 2.05) is 13.8 Å². The van der Waals surface area contributed by atoms with Gasteiger partial charge in [0.2, 0.25) is 0 Å². The predicted molar refractivity (Wildman–Crippen MR) is 34.4 cm³/mol. The molecule has 0 aromatic rings. The highest BCUT2D eigenvalue weighted by atomic mass is 32.2. The highest BCUT2D eigenvalue weighted by Crippen LogP contribution is 2.31. The third-order valence-electron chi connectivity index (χ3n) is 1.25. The van der Waals surface area contributed by atoms with Crippen molar-refractivity contribution in [3.8, 4) is 0 Å². The Bertz CT molecular complexity index is 176. The van der Waals surface area contributed by atoms with Crippen LogP contribution in [-0.4, -0.2) is 15.7 Å². The molecular weight excluding hydrogens is 122 g/mol. The largest absolute Gasteiger partial charge is 0.253 e. The molecule has 0 radical (unpaired) electrons. The lowest BCUT2D eigenvalue weighted by atomic mass is 9.99. The van der Waals surface area contributed by atoms with Crippen molar-refractivity contribution in [2.45, 2.75) is 13.8 Å².